The van der Waals surface area contributed by atoms with Gasteiger partial charge in [-0.05, 0) is 42.8 Å². The van der Waals surface area contributed by atoms with Gasteiger partial charge in [0.25, 0.3) is 0 Å². The second-order valence-corrected chi connectivity index (χ2v) is 6.93. The van der Waals surface area contributed by atoms with Gasteiger partial charge in [-0.3, -0.25) is 0 Å². The Morgan fingerprint density at radius 3 is 2.50 bits per heavy atom. The summed E-state index contributed by atoms with van der Waals surface area (Å²) in [5, 5.41) is 3.41. The Morgan fingerprint density at radius 2 is 1.90 bits per heavy atom. The maximum Gasteiger partial charge on any atom is 0.138 e. The van der Waals surface area contributed by atoms with Gasteiger partial charge in [-0.25, -0.2) is 0 Å². The predicted molar refractivity (Wildman–Crippen MR) is 87.3 cm³/mol. The number of hydrogen-bond donors (Lipinski definition) is 1. The third-order valence-electron chi connectivity index (χ3n) is 2.61. The van der Waals surface area contributed by atoms with Crippen LogP contribution in [0.5, 0.6) is 5.75 Å². The van der Waals surface area contributed by atoms with E-state index in [1.807, 2.05) is 32.9 Å². The van der Waals surface area contributed by atoms with Crippen LogP contribution in [0.2, 0.25) is 0 Å². The maximum absolute atomic E-state index is 5.88. The number of rotatable bonds is 7. The van der Waals surface area contributed by atoms with Gasteiger partial charge in [-0.15, -0.1) is 0 Å². The highest BCUT2D eigenvalue weighted by Gasteiger charge is 2.11. The van der Waals surface area contributed by atoms with Gasteiger partial charge >= 0.3 is 0 Å². The molecule has 0 aliphatic rings. The molecule has 114 valence electrons. The Kier molecular flexibility index (Phi) is 7.00. The molecule has 1 aromatic carbocycles. The molecule has 3 nitrogen and oxygen atoms in total. The molecule has 0 atom stereocenters. The molecule has 0 saturated carbocycles. The summed E-state index contributed by atoms with van der Waals surface area (Å²) < 4.78 is 12.5. The first-order valence-electron chi connectivity index (χ1n) is 7.07. The van der Waals surface area contributed by atoms with Crippen LogP contribution in [0, 0.1) is 0 Å². The molecule has 1 aromatic rings. The second-order valence-electron chi connectivity index (χ2n) is 6.07. The maximum atomic E-state index is 5.88. The topological polar surface area (TPSA) is 30.5 Å². The summed E-state index contributed by atoms with van der Waals surface area (Å²) in [5.41, 5.74) is 1.03. The number of hydrogen-bond acceptors (Lipinski definition) is 3. The summed E-state index contributed by atoms with van der Waals surface area (Å²) in [4.78, 5) is 0. The van der Waals surface area contributed by atoms with Crippen LogP contribution in [0.4, 0.5) is 0 Å². The highest BCUT2D eigenvalue weighted by atomic mass is 79.9. The zero-order valence-corrected chi connectivity index (χ0v) is 14.7. The highest BCUT2D eigenvalue weighted by Crippen LogP contribution is 2.29. The van der Waals surface area contributed by atoms with Gasteiger partial charge in [0.05, 0.1) is 16.7 Å². The van der Waals surface area contributed by atoms with E-state index >= 15 is 0 Å². The molecule has 0 fully saturated rings. The van der Waals surface area contributed by atoms with E-state index in [0.717, 1.165) is 22.3 Å². The molecule has 20 heavy (non-hydrogen) atoms. The first-order valence-corrected chi connectivity index (χ1v) is 7.86. The summed E-state index contributed by atoms with van der Waals surface area (Å²) >= 11 is 3.55. The Hall–Kier alpha value is -0.580. The van der Waals surface area contributed by atoms with Crippen LogP contribution in [0.3, 0.4) is 0 Å². The quantitative estimate of drug-likeness (QED) is 0.754. The van der Waals surface area contributed by atoms with Crippen LogP contribution in [-0.4, -0.2) is 24.9 Å². The fourth-order valence-electron chi connectivity index (χ4n) is 1.66. The Morgan fingerprint density at radius 1 is 1.20 bits per heavy atom. The van der Waals surface area contributed by atoms with Gasteiger partial charge in [-0.2, -0.15) is 0 Å². The lowest BCUT2D eigenvalue weighted by molar-refractivity contribution is -0.0164. The molecule has 0 unspecified atom stereocenters. The van der Waals surface area contributed by atoms with Gasteiger partial charge in [0.2, 0.25) is 0 Å². The zero-order valence-electron chi connectivity index (χ0n) is 13.1. The van der Waals surface area contributed by atoms with Gasteiger partial charge < -0.3 is 14.8 Å². The van der Waals surface area contributed by atoms with Crippen molar-refractivity contribution in [3.8, 4) is 5.75 Å². The Labute approximate surface area is 131 Å². The summed E-state index contributed by atoms with van der Waals surface area (Å²) in [6, 6.07) is 6.56. The molecule has 1 rings (SSSR count). The minimum atomic E-state index is -0.126. The molecule has 0 aliphatic heterocycles. The number of nitrogens with one attached hydrogen (secondary N) is 1. The van der Waals surface area contributed by atoms with Gasteiger partial charge in [0.15, 0.2) is 0 Å². The summed E-state index contributed by atoms with van der Waals surface area (Å²) in [6.45, 7) is 12.3. The highest BCUT2D eigenvalue weighted by molar-refractivity contribution is 9.10. The lowest BCUT2D eigenvalue weighted by Crippen LogP contribution is -2.24. The summed E-state index contributed by atoms with van der Waals surface area (Å²) in [6.07, 6.45) is 0. The molecular weight excluding hydrogens is 318 g/mol. The van der Waals surface area contributed by atoms with E-state index in [-0.39, 0.29) is 5.60 Å². The van der Waals surface area contributed by atoms with Crippen molar-refractivity contribution in [2.24, 2.45) is 0 Å². The van der Waals surface area contributed by atoms with Gasteiger partial charge in [0, 0.05) is 18.2 Å². The van der Waals surface area contributed by atoms with E-state index in [1.54, 1.807) is 0 Å². The number of benzene rings is 1. The van der Waals surface area contributed by atoms with Gasteiger partial charge in [0.1, 0.15) is 12.4 Å². The predicted octanol–water partition coefficient (Wildman–Crippen LogP) is 4.14. The van der Waals surface area contributed by atoms with E-state index in [4.69, 9.17) is 9.47 Å². The summed E-state index contributed by atoms with van der Waals surface area (Å²) in [7, 11) is 0. The fourth-order valence-corrected chi connectivity index (χ4v) is 2.18. The lowest BCUT2D eigenvalue weighted by Gasteiger charge is -2.20. The molecule has 0 saturated heterocycles. The summed E-state index contributed by atoms with van der Waals surface area (Å²) in [5.74, 6) is 0.901. The average molecular weight is 344 g/mol. The average Bonchev–Trinajstić information content (AvgIpc) is 2.32. The molecule has 0 spiro atoms. The normalized spacial score (nSPS) is 11.9. The minimum Gasteiger partial charge on any atom is -0.490 e. The number of ether oxygens (including phenoxy) is 2. The molecule has 0 amide bonds. The monoisotopic (exact) mass is 343 g/mol. The number of halogens is 1. The van der Waals surface area contributed by atoms with Crippen LogP contribution in [0.25, 0.3) is 0 Å². The molecule has 0 radical (unpaired) electrons. The fraction of sp³-hybridized carbons (Fsp3) is 0.625. The van der Waals surface area contributed by atoms with Crippen molar-refractivity contribution < 1.29 is 9.47 Å². The minimum absolute atomic E-state index is 0.126. The standard InChI is InChI=1S/C16H26BrNO2/c1-12(2)18-11-13-7-6-8-14(17)15(13)19-9-10-20-16(3,4)5/h6-8,12,18H,9-11H2,1-5H3. The number of para-hydroxylation sites is 1. The van der Waals surface area contributed by atoms with E-state index in [1.165, 1.54) is 0 Å². The first kappa shape index (κ1) is 17.5. The van der Waals surface area contributed by atoms with Crippen molar-refractivity contribution >= 4 is 15.9 Å². The van der Waals surface area contributed by atoms with Crippen molar-refractivity contribution in [2.45, 2.75) is 52.8 Å². The Bertz CT molecular complexity index is 413. The molecule has 0 aliphatic carbocycles. The van der Waals surface area contributed by atoms with Crippen LogP contribution >= 0.6 is 15.9 Å². The lowest BCUT2D eigenvalue weighted by atomic mass is 10.2. The molecule has 0 heterocycles. The molecule has 1 N–H and O–H groups in total. The zero-order chi connectivity index (χ0) is 15.2. The van der Waals surface area contributed by atoms with E-state index < -0.39 is 0 Å². The smallest absolute Gasteiger partial charge is 0.138 e. The molecule has 4 heteroatoms. The van der Waals surface area contributed by atoms with Gasteiger partial charge in [-0.1, -0.05) is 26.0 Å². The van der Waals surface area contributed by atoms with E-state index in [9.17, 15) is 0 Å². The van der Waals surface area contributed by atoms with Crippen molar-refractivity contribution in [1.29, 1.82) is 0 Å². The largest absolute Gasteiger partial charge is 0.490 e. The van der Waals surface area contributed by atoms with Crippen LogP contribution in [-0.2, 0) is 11.3 Å². The van der Waals surface area contributed by atoms with Crippen molar-refractivity contribution in [2.75, 3.05) is 13.2 Å². The third kappa shape index (κ3) is 6.73. The molecule has 0 aromatic heterocycles. The van der Waals surface area contributed by atoms with Crippen molar-refractivity contribution in [3.05, 3.63) is 28.2 Å². The van der Waals surface area contributed by atoms with E-state index in [0.29, 0.717) is 19.3 Å². The van der Waals surface area contributed by atoms with Crippen LogP contribution in [0.15, 0.2) is 22.7 Å². The van der Waals surface area contributed by atoms with Crippen LogP contribution in [0.1, 0.15) is 40.2 Å². The SMILES string of the molecule is CC(C)NCc1cccc(Br)c1OCCOC(C)(C)C. The van der Waals surface area contributed by atoms with Crippen molar-refractivity contribution in [1.82, 2.24) is 5.32 Å². The second kappa shape index (κ2) is 8.01. The third-order valence-corrected chi connectivity index (χ3v) is 3.24. The van der Waals surface area contributed by atoms with Crippen molar-refractivity contribution in [3.63, 3.8) is 0 Å². The first-order chi connectivity index (χ1) is 9.29. The Balaban J connectivity index is 2.58. The van der Waals surface area contributed by atoms with Crippen LogP contribution < -0.4 is 10.1 Å². The molecule has 0 bridgehead atoms. The van der Waals surface area contributed by atoms with E-state index in [2.05, 4.69) is 41.2 Å². The molecular formula is C16H26BrNO2.